The van der Waals surface area contributed by atoms with E-state index in [1.54, 1.807) is 6.92 Å². The van der Waals surface area contributed by atoms with Gasteiger partial charge < -0.3 is 10.2 Å². The summed E-state index contributed by atoms with van der Waals surface area (Å²) in [6, 6.07) is 0. The molecule has 0 saturated carbocycles. The van der Waals surface area contributed by atoms with Crippen LogP contribution in [0.4, 0.5) is 5.13 Å². The number of thiazole rings is 1. The molecular weight excluding hydrogens is 326 g/mol. The molecule has 5 nitrogen and oxygen atoms in total. The Morgan fingerprint density at radius 2 is 2.10 bits per heavy atom. The number of aryl methyl sites for hydroxylation is 1. The first kappa shape index (κ1) is 16.4. The number of carbonyl (C=O) groups excluding carboxylic acids is 2. The topological polar surface area (TPSA) is 62.3 Å². The van der Waals surface area contributed by atoms with E-state index in [1.165, 1.54) is 42.9 Å². The quantitative estimate of drug-likeness (QED) is 0.670. The number of hydrogen-bond acceptors (Lipinski definition) is 6. The molecule has 1 aromatic rings. The lowest BCUT2D eigenvalue weighted by molar-refractivity contribution is -0.113. The fourth-order valence-electron chi connectivity index (χ4n) is 2.05. The number of amides is 1. The Labute approximate surface area is 137 Å². The average molecular weight is 343 g/mol. The van der Waals surface area contributed by atoms with Gasteiger partial charge in [0.15, 0.2) is 10.9 Å². The van der Waals surface area contributed by atoms with E-state index in [1.807, 2.05) is 0 Å². The minimum absolute atomic E-state index is 0.0323. The molecule has 1 aliphatic heterocycles. The van der Waals surface area contributed by atoms with Crippen molar-refractivity contribution in [1.82, 2.24) is 9.88 Å². The molecule has 0 aromatic carbocycles. The monoisotopic (exact) mass is 343 g/mol. The van der Waals surface area contributed by atoms with Gasteiger partial charge in [-0.3, -0.25) is 9.59 Å². The number of likely N-dealkylation sites (tertiary alicyclic amines) is 1. The number of anilines is 1. The number of rotatable bonds is 4. The van der Waals surface area contributed by atoms with Gasteiger partial charge in [0.25, 0.3) is 0 Å². The number of thiocarbonyl (C=S) groups is 1. The molecular formula is C13H17N3O2S3. The van der Waals surface area contributed by atoms with Gasteiger partial charge in [-0.2, -0.15) is 0 Å². The van der Waals surface area contributed by atoms with E-state index in [2.05, 4.69) is 15.2 Å². The molecule has 0 bridgehead atoms. The highest BCUT2D eigenvalue weighted by atomic mass is 32.2. The molecule has 1 aromatic heterocycles. The Kier molecular flexibility index (Phi) is 5.72. The summed E-state index contributed by atoms with van der Waals surface area (Å²) in [5.41, 5.74) is 0.656. The predicted molar refractivity (Wildman–Crippen MR) is 91.3 cm³/mol. The molecule has 0 atom stereocenters. The number of carbonyl (C=O) groups is 2. The molecule has 0 spiro atoms. The predicted octanol–water partition coefficient (Wildman–Crippen LogP) is 2.71. The fourth-order valence-corrected chi connectivity index (χ4v) is 3.98. The van der Waals surface area contributed by atoms with Crippen molar-refractivity contribution in [3.63, 3.8) is 0 Å². The number of nitrogens with zero attached hydrogens (tertiary/aromatic N) is 2. The van der Waals surface area contributed by atoms with Crippen molar-refractivity contribution in [2.45, 2.75) is 26.7 Å². The number of hydrogen-bond donors (Lipinski definition) is 1. The van der Waals surface area contributed by atoms with Crippen LogP contribution in [0.2, 0.25) is 0 Å². The third kappa shape index (κ3) is 4.49. The summed E-state index contributed by atoms with van der Waals surface area (Å²) in [5.74, 6) is 0.0871. The standard InChI is InChI=1S/C13H17N3O2S3/c1-8-11(9(2)17)21-12(14-8)15-10(18)7-20-13(19)16-5-3-4-6-16/h3-7H2,1-2H3,(H,14,15,18). The zero-order valence-electron chi connectivity index (χ0n) is 12.0. The molecule has 8 heteroatoms. The van der Waals surface area contributed by atoms with Gasteiger partial charge in [0.1, 0.15) is 4.32 Å². The van der Waals surface area contributed by atoms with Crippen LogP contribution in [0.1, 0.15) is 35.1 Å². The van der Waals surface area contributed by atoms with E-state index in [0.29, 0.717) is 15.7 Å². The summed E-state index contributed by atoms with van der Waals surface area (Å²) >= 11 is 7.89. The Morgan fingerprint density at radius 1 is 1.43 bits per heavy atom. The van der Waals surface area contributed by atoms with E-state index in [-0.39, 0.29) is 17.4 Å². The van der Waals surface area contributed by atoms with Crippen molar-refractivity contribution in [3.05, 3.63) is 10.6 Å². The highest BCUT2D eigenvalue weighted by Gasteiger charge is 2.17. The van der Waals surface area contributed by atoms with Crippen LogP contribution in [0.15, 0.2) is 0 Å². The normalized spacial score (nSPS) is 14.3. The Balaban J connectivity index is 1.83. The molecule has 1 amide bonds. The SMILES string of the molecule is CC(=O)c1sc(NC(=O)CSC(=S)N2CCCC2)nc1C. The third-order valence-corrected chi connectivity index (χ3v) is 5.75. The summed E-state index contributed by atoms with van der Waals surface area (Å²) in [4.78, 5) is 30.2. The molecule has 2 heterocycles. The lowest BCUT2D eigenvalue weighted by Crippen LogP contribution is -2.25. The van der Waals surface area contributed by atoms with Crippen LogP contribution in [0.3, 0.4) is 0 Å². The molecule has 0 radical (unpaired) electrons. The van der Waals surface area contributed by atoms with Crippen LogP contribution >= 0.6 is 35.3 Å². The molecule has 2 rings (SSSR count). The van der Waals surface area contributed by atoms with Crippen molar-refractivity contribution >= 4 is 56.5 Å². The van der Waals surface area contributed by atoms with Gasteiger partial charge >= 0.3 is 0 Å². The molecule has 0 aliphatic carbocycles. The van der Waals surface area contributed by atoms with Crippen LogP contribution in [-0.4, -0.2) is 44.7 Å². The zero-order chi connectivity index (χ0) is 15.4. The van der Waals surface area contributed by atoms with Crippen LogP contribution in [0, 0.1) is 6.92 Å². The third-order valence-electron chi connectivity index (χ3n) is 3.05. The number of ketones is 1. The van der Waals surface area contributed by atoms with Crippen molar-refractivity contribution in [1.29, 1.82) is 0 Å². The van der Waals surface area contributed by atoms with E-state index < -0.39 is 0 Å². The Morgan fingerprint density at radius 3 is 2.67 bits per heavy atom. The largest absolute Gasteiger partial charge is 0.358 e. The Bertz CT molecular complexity index is 565. The van der Waals surface area contributed by atoms with Gasteiger partial charge in [-0.05, 0) is 19.8 Å². The lowest BCUT2D eigenvalue weighted by Gasteiger charge is -2.17. The second kappa shape index (κ2) is 7.33. The van der Waals surface area contributed by atoms with E-state index in [4.69, 9.17) is 12.2 Å². The number of aromatic nitrogens is 1. The minimum atomic E-state index is -0.148. The summed E-state index contributed by atoms with van der Waals surface area (Å²) in [6.45, 7) is 5.23. The first-order valence-electron chi connectivity index (χ1n) is 6.67. The number of thioether (sulfide) groups is 1. The van der Waals surface area contributed by atoms with Crippen molar-refractivity contribution < 1.29 is 9.59 Å². The number of nitrogens with one attached hydrogen (secondary N) is 1. The van der Waals surface area contributed by atoms with Crippen molar-refractivity contribution in [3.8, 4) is 0 Å². The van der Waals surface area contributed by atoms with Gasteiger partial charge in [0.2, 0.25) is 5.91 Å². The molecule has 1 aliphatic rings. The highest BCUT2D eigenvalue weighted by Crippen LogP contribution is 2.23. The molecule has 114 valence electrons. The first-order chi connectivity index (χ1) is 9.97. The average Bonchev–Trinajstić information content (AvgIpc) is 3.05. The summed E-state index contributed by atoms with van der Waals surface area (Å²) in [7, 11) is 0. The summed E-state index contributed by atoms with van der Waals surface area (Å²) in [5, 5.41) is 3.19. The van der Waals surface area contributed by atoms with Crippen LogP contribution in [-0.2, 0) is 4.79 Å². The first-order valence-corrected chi connectivity index (χ1v) is 8.88. The highest BCUT2D eigenvalue weighted by molar-refractivity contribution is 8.23. The van der Waals surface area contributed by atoms with Crippen molar-refractivity contribution in [2.24, 2.45) is 0 Å². The zero-order valence-corrected chi connectivity index (χ0v) is 14.4. The van der Waals surface area contributed by atoms with Crippen LogP contribution in [0.5, 0.6) is 0 Å². The van der Waals surface area contributed by atoms with Gasteiger partial charge in [-0.15, -0.1) is 0 Å². The van der Waals surface area contributed by atoms with Gasteiger partial charge in [0.05, 0.1) is 16.3 Å². The van der Waals surface area contributed by atoms with Crippen LogP contribution in [0.25, 0.3) is 0 Å². The second-order valence-electron chi connectivity index (χ2n) is 4.79. The molecule has 1 N–H and O–H groups in total. The molecule has 21 heavy (non-hydrogen) atoms. The lowest BCUT2D eigenvalue weighted by atomic mass is 10.3. The van der Waals surface area contributed by atoms with E-state index in [0.717, 1.165) is 17.4 Å². The second-order valence-corrected chi connectivity index (χ2v) is 7.39. The maximum absolute atomic E-state index is 11.9. The van der Waals surface area contributed by atoms with Gasteiger partial charge in [-0.25, -0.2) is 4.98 Å². The fraction of sp³-hybridized carbons (Fsp3) is 0.538. The van der Waals surface area contributed by atoms with Gasteiger partial charge in [-0.1, -0.05) is 35.3 Å². The van der Waals surface area contributed by atoms with Gasteiger partial charge in [0, 0.05) is 20.0 Å². The molecule has 0 unspecified atom stereocenters. The summed E-state index contributed by atoms with van der Waals surface area (Å²) < 4.78 is 0.780. The molecule has 1 saturated heterocycles. The maximum Gasteiger partial charge on any atom is 0.236 e. The summed E-state index contributed by atoms with van der Waals surface area (Å²) in [6.07, 6.45) is 2.33. The van der Waals surface area contributed by atoms with Crippen molar-refractivity contribution in [2.75, 3.05) is 24.2 Å². The minimum Gasteiger partial charge on any atom is -0.358 e. The number of Topliss-reactive ketones (excluding diaryl/α,β-unsaturated/α-hetero) is 1. The Hall–Kier alpha value is -0.990. The van der Waals surface area contributed by atoms with E-state index >= 15 is 0 Å². The molecule has 1 fully saturated rings. The maximum atomic E-state index is 11.9. The smallest absolute Gasteiger partial charge is 0.236 e. The van der Waals surface area contributed by atoms with E-state index in [9.17, 15) is 9.59 Å². The van der Waals surface area contributed by atoms with Crippen LogP contribution < -0.4 is 5.32 Å².